The van der Waals surface area contributed by atoms with E-state index in [1.165, 1.54) is 0 Å². The second-order valence-corrected chi connectivity index (χ2v) is 9.52. The van der Waals surface area contributed by atoms with Gasteiger partial charge in [-0.2, -0.15) is 0 Å². The average molecular weight is 617 g/mol. The van der Waals surface area contributed by atoms with Crippen molar-refractivity contribution in [2.24, 2.45) is 0 Å². The fraction of sp³-hybridized carbons (Fsp3) is 0. The maximum atomic E-state index is 9.59. The van der Waals surface area contributed by atoms with Gasteiger partial charge in [-0.05, 0) is 81.4 Å². The SMILES string of the molecule is [2H]c1c([2H])c([2H])c(-c2c([2H])c([2H])c(N(c3c([2H])c([2H])c(-c4c([2H])c([2H])c5c([2H])c([2H])c([2H])c([2H])c5c4[2H])c([2H])c3[2H])c3c([2H])c([2H])c([2H])c4c3c([2H])c([2H])c3c4oc4c([2H])c([2H])c([2H])c([2H])c43)c([2H])c2[2H])c([2H])c1[2H]. The van der Waals surface area contributed by atoms with Gasteiger partial charge in [0.2, 0.25) is 0 Å². The molecular formula is C44H29NO. The summed E-state index contributed by atoms with van der Waals surface area (Å²) >= 11 is 0. The lowest BCUT2D eigenvalue weighted by molar-refractivity contribution is 0.672. The van der Waals surface area contributed by atoms with Crippen LogP contribution in [-0.2, 0) is 0 Å². The number of hydrogen-bond donors (Lipinski definition) is 0. The van der Waals surface area contributed by atoms with Gasteiger partial charge in [0.05, 0.1) is 45.4 Å². The Labute approximate surface area is 308 Å². The van der Waals surface area contributed by atoms with Crippen molar-refractivity contribution in [1.29, 1.82) is 0 Å². The van der Waals surface area contributed by atoms with Crippen molar-refractivity contribution in [1.82, 2.24) is 0 Å². The third-order valence-corrected chi connectivity index (χ3v) is 6.87. The molecular weight excluding hydrogens is 558 g/mol. The summed E-state index contributed by atoms with van der Waals surface area (Å²) in [7, 11) is 0. The van der Waals surface area contributed by atoms with Crippen molar-refractivity contribution in [3.05, 3.63) is 175 Å². The van der Waals surface area contributed by atoms with Gasteiger partial charge in [0.1, 0.15) is 11.2 Å². The predicted octanol–water partition coefficient (Wildman–Crippen LogP) is 12.7. The van der Waals surface area contributed by atoms with E-state index in [1.807, 2.05) is 0 Å². The Balaban J connectivity index is 1.51. The molecule has 0 fully saturated rings. The summed E-state index contributed by atoms with van der Waals surface area (Å²) in [5, 5.41) is -3.63. The van der Waals surface area contributed by atoms with Crippen LogP contribution in [0.4, 0.5) is 17.1 Å². The van der Waals surface area contributed by atoms with Crippen LogP contribution in [0.25, 0.3) is 65.7 Å². The normalized spacial score (nSPS) is 20.3. The lowest BCUT2D eigenvalue weighted by Gasteiger charge is -2.27. The quantitative estimate of drug-likeness (QED) is 0.191. The van der Waals surface area contributed by atoms with Gasteiger partial charge < -0.3 is 9.32 Å². The minimum absolute atomic E-state index is 0.386. The van der Waals surface area contributed by atoms with Crippen LogP contribution in [0.15, 0.2) is 180 Å². The summed E-state index contributed by atoms with van der Waals surface area (Å²) in [6.45, 7) is 0. The molecule has 2 heteroatoms. The predicted molar refractivity (Wildman–Crippen MR) is 194 cm³/mol. The third kappa shape index (κ3) is 4.43. The van der Waals surface area contributed by atoms with Gasteiger partial charge in [-0.25, -0.2) is 0 Å². The van der Waals surface area contributed by atoms with Crippen LogP contribution < -0.4 is 4.90 Å². The highest BCUT2D eigenvalue weighted by molar-refractivity contribution is 6.17. The Kier molecular flexibility index (Phi) is 2.39. The van der Waals surface area contributed by atoms with Crippen molar-refractivity contribution in [2.45, 2.75) is 0 Å². The van der Waals surface area contributed by atoms with E-state index in [0.717, 1.165) is 0 Å². The molecule has 0 saturated carbocycles. The number of para-hydroxylation sites is 1. The molecule has 8 aromatic carbocycles. The molecule has 0 spiro atoms. The first kappa shape index (κ1) is 10.2. The largest absolute Gasteiger partial charge is 0.455 e. The average Bonchev–Trinajstić information content (AvgIpc) is 3.78. The molecule has 216 valence electrons. The molecule has 1 heterocycles. The first-order chi connectivity index (χ1) is 34.9. The Morgan fingerprint density at radius 2 is 0.957 bits per heavy atom. The lowest BCUT2D eigenvalue weighted by atomic mass is 10.00. The zero-order chi connectivity index (χ0) is 55.7. The summed E-state index contributed by atoms with van der Waals surface area (Å²) < 4.78 is 264. The lowest BCUT2D eigenvalue weighted by Crippen LogP contribution is -2.10. The molecule has 46 heavy (non-hydrogen) atoms. The molecule has 0 N–H and O–H groups in total. The molecule has 0 bridgehead atoms. The Hall–Kier alpha value is -6.12. The van der Waals surface area contributed by atoms with E-state index >= 15 is 0 Å². The van der Waals surface area contributed by atoms with Crippen molar-refractivity contribution in [3.8, 4) is 22.3 Å². The highest BCUT2D eigenvalue weighted by Crippen LogP contribution is 2.43. The van der Waals surface area contributed by atoms with E-state index in [-0.39, 0.29) is 0 Å². The minimum Gasteiger partial charge on any atom is -0.455 e. The first-order valence-electron chi connectivity index (χ1n) is 27.8. The van der Waals surface area contributed by atoms with Crippen LogP contribution in [0.2, 0.25) is 0 Å². The zero-order valence-corrected chi connectivity index (χ0v) is 22.9. The van der Waals surface area contributed by atoms with Crippen LogP contribution in [0.1, 0.15) is 39.8 Å². The topological polar surface area (TPSA) is 16.4 Å². The number of rotatable bonds is 5. The fourth-order valence-electron chi connectivity index (χ4n) is 4.80. The van der Waals surface area contributed by atoms with Gasteiger partial charge in [0, 0.05) is 32.9 Å². The molecule has 0 aliphatic heterocycles. The Morgan fingerprint density at radius 1 is 0.391 bits per heavy atom. The standard InChI is InChI=1S/C44H29NO/c1-2-9-30(10-3-1)32-19-23-36(24-20-32)45(37-25-21-33(22-26-37)35-18-17-31-11-4-5-12-34(31)29-35)42-15-8-14-40-38(42)27-28-41-39-13-6-7-16-43(39)46-44(40)41/h1-29H/i1D,2D,3D,4D,5D,6D,7D,8D,9D,10D,11D,12D,13D,14D,15D,16D,17D,18D,19D,20D,21D,22D,23D,24D,25D,26D,27D,28D,29D. The molecule has 0 atom stereocenters. The minimum atomic E-state index is -1.27. The van der Waals surface area contributed by atoms with E-state index in [2.05, 4.69) is 0 Å². The van der Waals surface area contributed by atoms with Gasteiger partial charge in [-0.3, -0.25) is 0 Å². The van der Waals surface area contributed by atoms with Crippen LogP contribution >= 0.6 is 0 Å². The zero-order valence-electron chi connectivity index (χ0n) is 51.9. The maximum absolute atomic E-state index is 9.59. The van der Waals surface area contributed by atoms with E-state index in [9.17, 15) is 15.1 Å². The van der Waals surface area contributed by atoms with Crippen LogP contribution in [0.3, 0.4) is 0 Å². The summed E-state index contributed by atoms with van der Waals surface area (Å²) in [5.74, 6) is 0. The number of fused-ring (bicyclic) bond motifs is 6. The number of hydrogen-bond acceptors (Lipinski definition) is 2. The van der Waals surface area contributed by atoms with Gasteiger partial charge >= 0.3 is 0 Å². The maximum Gasteiger partial charge on any atom is 0.143 e. The van der Waals surface area contributed by atoms with E-state index in [4.69, 9.17) is 29.1 Å². The summed E-state index contributed by atoms with van der Waals surface area (Å²) in [6, 6.07) is -28.8. The third-order valence-electron chi connectivity index (χ3n) is 6.87. The summed E-state index contributed by atoms with van der Waals surface area (Å²) in [4.78, 5) is 0.386. The van der Waals surface area contributed by atoms with Crippen molar-refractivity contribution in [2.75, 3.05) is 4.90 Å². The molecule has 9 aromatic rings. The van der Waals surface area contributed by atoms with Crippen molar-refractivity contribution >= 4 is 60.5 Å². The highest BCUT2D eigenvalue weighted by Gasteiger charge is 2.18. The van der Waals surface area contributed by atoms with Crippen LogP contribution in [0, 0.1) is 0 Å². The molecule has 0 aliphatic rings. The van der Waals surface area contributed by atoms with Crippen LogP contribution in [-0.4, -0.2) is 0 Å². The molecule has 9 rings (SSSR count). The summed E-state index contributed by atoms with van der Waals surface area (Å²) in [6.07, 6.45) is 0. The Bertz CT molecular complexity index is 4100. The molecule has 0 radical (unpaired) electrons. The molecule has 0 unspecified atom stereocenters. The number of nitrogens with zero attached hydrogens (tertiary/aromatic N) is 1. The second kappa shape index (κ2) is 10.8. The highest BCUT2D eigenvalue weighted by atomic mass is 16.3. The fourth-order valence-corrected chi connectivity index (χ4v) is 4.80. The monoisotopic (exact) mass is 616 g/mol. The van der Waals surface area contributed by atoms with Gasteiger partial charge in [0.25, 0.3) is 0 Å². The molecule has 0 saturated heterocycles. The van der Waals surface area contributed by atoms with E-state index < -0.39 is 258 Å². The van der Waals surface area contributed by atoms with Crippen molar-refractivity contribution < 1.29 is 44.2 Å². The molecule has 2 nitrogen and oxygen atoms in total. The molecule has 1 aromatic heterocycles. The number of furan rings is 1. The van der Waals surface area contributed by atoms with Crippen LogP contribution in [0.5, 0.6) is 0 Å². The smallest absolute Gasteiger partial charge is 0.143 e. The summed E-state index contributed by atoms with van der Waals surface area (Å²) in [5.41, 5.74) is -7.96. The van der Waals surface area contributed by atoms with Crippen molar-refractivity contribution in [3.63, 3.8) is 0 Å². The first-order valence-corrected chi connectivity index (χ1v) is 13.3. The number of benzene rings is 8. The van der Waals surface area contributed by atoms with E-state index in [1.54, 1.807) is 0 Å². The van der Waals surface area contributed by atoms with Gasteiger partial charge in [-0.15, -0.1) is 0 Å². The van der Waals surface area contributed by atoms with Gasteiger partial charge in [0.15, 0.2) is 0 Å². The molecule has 0 aliphatic carbocycles. The van der Waals surface area contributed by atoms with Gasteiger partial charge in [-0.1, -0.05) is 127 Å². The number of anilines is 3. The second-order valence-electron chi connectivity index (χ2n) is 9.52. The Morgan fingerprint density at radius 3 is 1.74 bits per heavy atom. The molecule has 0 amide bonds. The van der Waals surface area contributed by atoms with E-state index in [0.29, 0.717) is 4.90 Å².